The molecule has 0 fully saturated rings. The van der Waals surface area contributed by atoms with Gasteiger partial charge in [0.1, 0.15) is 12.2 Å². The van der Waals surface area contributed by atoms with E-state index in [0.29, 0.717) is 12.1 Å². The number of carboxylic acid groups (broad SMARTS) is 1. The average molecular weight is 280 g/mol. The van der Waals surface area contributed by atoms with Crippen molar-refractivity contribution in [2.75, 3.05) is 6.61 Å². The summed E-state index contributed by atoms with van der Waals surface area (Å²) in [5, 5.41) is 8.89. The Kier molecular flexibility index (Phi) is 6.84. The molecule has 1 aromatic heterocycles. The molecule has 0 saturated heterocycles. The maximum absolute atomic E-state index is 12.3. The maximum atomic E-state index is 12.3. The minimum absolute atomic E-state index is 0.0160. The molecule has 8 heteroatoms. The number of aromatic nitrogens is 1. The van der Waals surface area contributed by atoms with Gasteiger partial charge in [-0.3, -0.25) is 0 Å². The number of pyridine rings is 1. The number of ether oxygens (including phenoxy) is 1. The number of rotatable bonds is 3. The first-order chi connectivity index (χ1) is 8.72. The van der Waals surface area contributed by atoms with Gasteiger partial charge in [0, 0.05) is 5.97 Å². The molecule has 1 rings (SSSR count). The lowest BCUT2D eigenvalue weighted by atomic mass is 10.2. The van der Waals surface area contributed by atoms with Crippen molar-refractivity contribution in [1.82, 2.24) is 4.98 Å². The van der Waals surface area contributed by atoms with Crippen molar-refractivity contribution in [1.29, 1.82) is 0 Å². The van der Waals surface area contributed by atoms with Crippen LogP contribution in [-0.2, 0) is 17.5 Å². The molecule has 19 heavy (non-hydrogen) atoms. The molecule has 0 spiro atoms. The molecule has 0 aliphatic heterocycles. The molecule has 5 nitrogen and oxygen atoms in total. The monoisotopic (exact) mass is 280 g/mol. The number of alkyl halides is 3. The van der Waals surface area contributed by atoms with Gasteiger partial charge in [0.25, 0.3) is 0 Å². The third-order valence-corrected chi connectivity index (χ3v) is 1.78. The first kappa shape index (κ1) is 17.2. The summed E-state index contributed by atoms with van der Waals surface area (Å²) in [6.07, 6.45) is -4.44. The van der Waals surface area contributed by atoms with Gasteiger partial charge in [-0.2, -0.15) is 13.2 Å². The fraction of sp³-hybridized carbons (Fsp3) is 0.455. The van der Waals surface area contributed by atoms with Crippen LogP contribution in [0.15, 0.2) is 12.1 Å². The molecule has 0 aliphatic rings. The average Bonchev–Trinajstić information content (AvgIpc) is 2.27. The maximum Gasteiger partial charge on any atom is 0.433 e. The van der Waals surface area contributed by atoms with E-state index in [-0.39, 0.29) is 12.5 Å². The lowest BCUT2D eigenvalue weighted by Crippen LogP contribution is -2.47. The molecule has 1 aromatic rings. The highest BCUT2D eigenvalue weighted by molar-refractivity contribution is 5.60. The zero-order valence-electron chi connectivity index (χ0n) is 10.6. The molecule has 0 bridgehead atoms. The number of halogens is 3. The van der Waals surface area contributed by atoms with Crippen LogP contribution in [0.5, 0.6) is 5.88 Å². The van der Waals surface area contributed by atoms with Gasteiger partial charge in [-0.05, 0) is 26.0 Å². The van der Waals surface area contributed by atoms with Gasteiger partial charge in [-0.15, -0.1) is 0 Å². The fourth-order valence-electron chi connectivity index (χ4n) is 1.08. The number of quaternary nitrogens is 1. The number of carbonyl (C=O) groups excluding carboxylic acids is 1. The van der Waals surface area contributed by atoms with Gasteiger partial charge >= 0.3 is 6.18 Å². The van der Waals surface area contributed by atoms with Crippen molar-refractivity contribution < 1.29 is 33.5 Å². The Morgan fingerprint density at radius 1 is 1.47 bits per heavy atom. The molecule has 0 atom stereocenters. The van der Waals surface area contributed by atoms with Crippen LogP contribution in [0.3, 0.4) is 0 Å². The van der Waals surface area contributed by atoms with E-state index in [1.165, 1.54) is 6.07 Å². The number of carboxylic acids is 1. The zero-order valence-corrected chi connectivity index (χ0v) is 10.6. The number of nitrogens with zero attached hydrogens (tertiary/aromatic N) is 1. The molecule has 0 aromatic carbocycles. The summed E-state index contributed by atoms with van der Waals surface area (Å²) in [6.45, 7) is 3.29. The van der Waals surface area contributed by atoms with Gasteiger partial charge in [0.2, 0.25) is 5.88 Å². The van der Waals surface area contributed by atoms with Gasteiger partial charge in [-0.25, -0.2) is 4.98 Å². The standard InChI is InChI=1S/C9H11F3N2O.C2H4O2/c1-2-15-8-6(5-13)3-4-7(14-8)9(10,11)12;1-2(3)4/h3-4H,2,5,13H2,1H3;1H3,(H,3,4). The van der Waals surface area contributed by atoms with Crippen LogP contribution in [-0.4, -0.2) is 17.6 Å². The summed E-state index contributed by atoms with van der Waals surface area (Å²) < 4.78 is 41.9. The van der Waals surface area contributed by atoms with Crippen LogP contribution in [0.1, 0.15) is 25.1 Å². The summed E-state index contributed by atoms with van der Waals surface area (Å²) >= 11 is 0. The number of hydrogen-bond donors (Lipinski definition) is 1. The Morgan fingerprint density at radius 3 is 2.37 bits per heavy atom. The molecule has 1 heterocycles. The second-order valence-electron chi connectivity index (χ2n) is 3.33. The molecule has 0 aliphatic carbocycles. The SMILES string of the molecule is CC(=O)[O-].CCOc1nc(C(F)(F)F)ccc1C[NH3+]. The molecule has 3 N–H and O–H groups in total. The van der Waals surface area contributed by atoms with E-state index in [1.54, 1.807) is 6.92 Å². The molecule has 0 amide bonds. The molecular formula is C11H15F3N2O3. The first-order valence-corrected chi connectivity index (χ1v) is 5.39. The van der Waals surface area contributed by atoms with Crippen molar-refractivity contribution in [3.63, 3.8) is 0 Å². The van der Waals surface area contributed by atoms with E-state index in [1.807, 2.05) is 0 Å². The lowest BCUT2D eigenvalue weighted by Gasteiger charge is -2.10. The second kappa shape index (κ2) is 7.57. The van der Waals surface area contributed by atoms with E-state index < -0.39 is 17.8 Å². The normalized spacial score (nSPS) is 10.4. The molecule has 108 valence electrons. The van der Waals surface area contributed by atoms with Crippen molar-refractivity contribution in [3.8, 4) is 5.88 Å². The van der Waals surface area contributed by atoms with E-state index >= 15 is 0 Å². The quantitative estimate of drug-likeness (QED) is 0.843. The topological polar surface area (TPSA) is 89.9 Å². The minimum atomic E-state index is -4.44. The predicted octanol–water partition coefficient (Wildman–Crippen LogP) is -0.00280. The van der Waals surface area contributed by atoms with Crippen molar-refractivity contribution in [3.05, 3.63) is 23.4 Å². The van der Waals surface area contributed by atoms with Crippen molar-refractivity contribution >= 4 is 5.97 Å². The van der Waals surface area contributed by atoms with Crippen LogP contribution < -0.4 is 15.6 Å². The Labute approximate surface area is 108 Å². The largest absolute Gasteiger partial charge is 0.550 e. The Bertz CT molecular complexity index is 418. The smallest absolute Gasteiger partial charge is 0.433 e. The van der Waals surface area contributed by atoms with Crippen LogP contribution in [0.2, 0.25) is 0 Å². The van der Waals surface area contributed by atoms with Crippen LogP contribution in [0.4, 0.5) is 13.2 Å². The first-order valence-electron chi connectivity index (χ1n) is 5.39. The van der Waals surface area contributed by atoms with Crippen molar-refractivity contribution in [2.24, 2.45) is 0 Å². The van der Waals surface area contributed by atoms with Crippen LogP contribution >= 0.6 is 0 Å². The summed E-state index contributed by atoms with van der Waals surface area (Å²) in [5.41, 5.74) is 3.22. The highest BCUT2D eigenvalue weighted by Gasteiger charge is 2.33. The van der Waals surface area contributed by atoms with Gasteiger partial charge in [0.15, 0.2) is 0 Å². The van der Waals surface area contributed by atoms with E-state index in [0.717, 1.165) is 13.0 Å². The summed E-state index contributed by atoms with van der Waals surface area (Å²) in [4.78, 5) is 12.3. The van der Waals surface area contributed by atoms with Gasteiger partial charge < -0.3 is 20.4 Å². The van der Waals surface area contributed by atoms with Crippen LogP contribution in [0.25, 0.3) is 0 Å². The summed E-state index contributed by atoms with van der Waals surface area (Å²) in [7, 11) is 0. The fourth-order valence-corrected chi connectivity index (χ4v) is 1.08. The molecule has 0 saturated carbocycles. The Hall–Kier alpha value is -1.83. The van der Waals surface area contributed by atoms with Gasteiger partial charge in [0.05, 0.1) is 12.2 Å². The molecular weight excluding hydrogens is 265 g/mol. The van der Waals surface area contributed by atoms with Gasteiger partial charge in [-0.1, -0.05) is 0 Å². The zero-order chi connectivity index (χ0) is 15.1. The third-order valence-electron chi connectivity index (χ3n) is 1.78. The predicted molar refractivity (Wildman–Crippen MR) is 57.7 cm³/mol. The highest BCUT2D eigenvalue weighted by Crippen LogP contribution is 2.29. The minimum Gasteiger partial charge on any atom is -0.550 e. The number of carbonyl (C=O) groups is 1. The third kappa shape index (κ3) is 6.61. The summed E-state index contributed by atoms with van der Waals surface area (Å²) in [5.74, 6) is -1.07. The van der Waals surface area contributed by atoms with Crippen LogP contribution in [0, 0.1) is 0 Å². The molecule has 0 unspecified atom stereocenters. The van der Waals surface area contributed by atoms with E-state index in [9.17, 15) is 13.2 Å². The van der Waals surface area contributed by atoms with Crippen molar-refractivity contribution in [2.45, 2.75) is 26.6 Å². The lowest BCUT2D eigenvalue weighted by molar-refractivity contribution is -0.386. The molecule has 0 radical (unpaired) electrons. The summed E-state index contributed by atoms with van der Waals surface area (Å²) in [6, 6.07) is 2.27. The number of aliphatic carboxylic acids is 1. The Morgan fingerprint density at radius 2 is 2.00 bits per heavy atom. The van der Waals surface area contributed by atoms with E-state index in [4.69, 9.17) is 14.6 Å². The highest BCUT2D eigenvalue weighted by atomic mass is 19.4. The second-order valence-corrected chi connectivity index (χ2v) is 3.33. The number of hydrogen-bond acceptors (Lipinski definition) is 4. The van der Waals surface area contributed by atoms with E-state index in [2.05, 4.69) is 10.7 Å². The Balaban J connectivity index is 0.000000711.